The van der Waals surface area contributed by atoms with Crippen LogP contribution in [0.15, 0.2) is 12.5 Å². The highest BCUT2D eigenvalue weighted by atomic mass is 16.4. The van der Waals surface area contributed by atoms with E-state index in [9.17, 15) is 14.7 Å². The lowest BCUT2D eigenvalue weighted by atomic mass is 10.1. The Hall–Kier alpha value is -2.05. The van der Waals surface area contributed by atoms with Crippen LogP contribution in [0.2, 0.25) is 0 Å². The first-order valence-electron chi connectivity index (χ1n) is 6.89. The maximum absolute atomic E-state index is 12.2. The second-order valence-corrected chi connectivity index (χ2v) is 5.02. The Morgan fingerprint density at radius 3 is 3.05 bits per heavy atom. The number of aromatic nitrogens is 2. The van der Waals surface area contributed by atoms with Crippen molar-refractivity contribution in [3.8, 4) is 0 Å². The number of likely N-dealkylation sites (tertiary alicyclic amines) is 1. The Kier molecular flexibility index (Phi) is 4.60. The monoisotopic (exact) mass is 280 g/mol. The van der Waals surface area contributed by atoms with Crippen molar-refractivity contribution in [2.24, 2.45) is 0 Å². The van der Waals surface area contributed by atoms with Crippen LogP contribution in [0.3, 0.4) is 0 Å². The number of carboxylic acid groups (broad SMARTS) is 1. The molecular weight excluding hydrogens is 260 g/mol. The zero-order chi connectivity index (χ0) is 14.5. The van der Waals surface area contributed by atoms with E-state index in [0.29, 0.717) is 12.2 Å². The lowest BCUT2D eigenvalue weighted by molar-refractivity contribution is -0.139. The van der Waals surface area contributed by atoms with E-state index >= 15 is 0 Å². The number of nitrogens with zero attached hydrogens (tertiary/aromatic N) is 2. The first kappa shape index (κ1) is 14.4. The van der Waals surface area contributed by atoms with Gasteiger partial charge in [-0.1, -0.05) is 6.92 Å². The molecule has 0 saturated carbocycles. The summed E-state index contributed by atoms with van der Waals surface area (Å²) in [5, 5.41) is 11.8. The fourth-order valence-electron chi connectivity index (χ4n) is 2.58. The summed E-state index contributed by atoms with van der Waals surface area (Å²) in [6.07, 6.45) is 6.11. The van der Waals surface area contributed by atoms with Gasteiger partial charge in [0.2, 0.25) is 0 Å². The van der Waals surface area contributed by atoms with Gasteiger partial charge in [-0.2, -0.15) is 0 Å². The number of aromatic amines is 1. The van der Waals surface area contributed by atoms with Crippen molar-refractivity contribution >= 4 is 12.0 Å². The maximum atomic E-state index is 12.2. The average Bonchev–Trinajstić information content (AvgIpc) is 3.08. The van der Waals surface area contributed by atoms with Crippen molar-refractivity contribution in [3.63, 3.8) is 0 Å². The summed E-state index contributed by atoms with van der Waals surface area (Å²) >= 11 is 0. The number of hydrogen-bond donors (Lipinski definition) is 3. The minimum Gasteiger partial charge on any atom is -0.480 e. The molecule has 1 saturated heterocycles. The van der Waals surface area contributed by atoms with E-state index < -0.39 is 12.0 Å². The number of aliphatic carboxylic acids is 1. The summed E-state index contributed by atoms with van der Waals surface area (Å²) in [5.41, 5.74) is 0.686. The molecule has 7 nitrogen and oxygen atoms in total. The quantitative estimate of drug-likeness (QED) is 0.749. The standard InChI is InChI=1S/C13H20N4O3/c1-2-10-4-3-5-17(10)13(20)16-11(12(18)19)6-9-7-14-8-15-9/h7-8,10-11H,2-6H2,1H3,(H,14,15)(H,16,20)(H,18,19). The number of nitrogens with one attached hydrogen (secondary N) is 2. The number of rotatable bonds is 5. The third-order valence-electron chi connectivity index (χ3n) is 3.68. The maximum Gasteiger partial charge on any atom is 0.326 e. The molecular formula is C13H20N4O3. The second-order valence-electron chi connectivity index (χ2n) is 5.02. The number of carboxylic acids is 1. The lowest BCUT2D eigenvalue weighted by Crippen LogP contribution is -2.50. The highest BCUT2D eigenvalue weighted by Crippen LogP contribution is 2.19. The van der Waals surface area contributed by atoms with Gasteiger partial charge in [-0.05, 0) is 19.3 Å². The smallest absolute Gasteiger partial charge is 0.326 e. The zero-order valence-corrected chi connectivity index (χ0v) is 11.5. The number of carbonyl (C=O) groups excluding carboxylic acids is 1. The molecule has 1 aliphatic heterocycles. The van der Waals surface area contributed by atoms with Crippen molar-refractivity contribution < 1.29 is 14.7 Å². The summed E-state index contributed by atoms with van der Waals surface area (Å²) in [6, 6.07) is -1.01. The van der Waals surface area contributed by atoms with Crippen molar-refractivity contribution in [1.82, 2.24) is 20.2 Å². The molecule has 2 rings (SSSR count). The van der Waals surface area contributed by atoms with Gasteiger partial charge < -0.3 is 20.3 Å². The Morgan fingerprint density at radius 1 is 1.65 bits per heavy atom. The normalized spacial score (nSPS) is 19.9. The molecule has 20 heavy (non-hydrogen) atoms. The third-order valence-corrected chi connectivity index (χ3v) is 3.68. The summed E-state index contributed by atoms with van der Waals surface area (Å²) in [4.78, 5) is 31.9. The summed E-state index contributed by atoms with van der Waals surface area (Å²) in [7, 11) is 0. The molecule has 0 bridgehead atoms. The van der Waals surface area contributed by atoms with E-state index in [1.807, 2.05) is 6.92 Å². The van der Waals surface area contributed by atoms with E-state index in [4.69, 9.17) is 0 Å². The first-order valence-corrected chi connectivity index (χ1v) is 6.89. The molecule has 0 spiro atoms. The molecule has 2 unspecified atom stereocenters. The molecule has 1 fully saturated rings. The Morgan fingerprint density at radius 2 is 2.45 bits per heavy atom. The van der Waals surface area contributed by atoms with E-state index in [2.05, 4.69) is 15.3 Å². The number of imidazole rings is 1. The highest BCUT2D eigenvalue weighted by molar-refractivity contribution is 5.83. The van der Waals surface area contributed by atoms with Gasteiger partial charge in [0.1, 0.15) is 6.04 Å². The second kappa shape index (κ2) is 6.40. The van der Waals surface area contributed by atoms with Crippen LogP contribution in [-0.2, 0) is 11.2 Å². The minimum atomic E-state index is -1.04. The fourth-order valence-corrected chi connectivity index (χ4v) is 2.58. The van der Waals surface area contributed by atoms with Gasteiger partial charge in [-0.3, -0.25) is 0 Å². The molecule has 2 heterocycles. The molecule has 1 aromatic rings. The average molecular weight is 280 g/mol. The lowest BCUT2D eigenvalue weighted by Gasteiger charge is -2.25. The highest BCUT2D eigenvalue weighted by Gasteiger charge is 2.30. The number of carbonyl (C=O) groups is 2. The van der Waals surface area contributed by atoms with E-state index in [-0.39, 0.29) is 18.5 Å². The molecule has 1 aromatic heterocycles. The largest absolute Gasteiger partial charge is 0.480 e. The SMILES string of the molecule is CCC1CCCN1C(=O)NC(Cc1cnc[nH]1)C(=O)O. The van der Waals surface area contributed by atoms with E-state index in [1.54, 1.807) is 11.1 Å². The Balaban J connectivity index is 1.97. The van der Waals surface area contributed by atoms with Gasteiger partial charge in [-0.25, -0.2) is 14.6 Å². The van der Waals surface area contributed by atoms with E-state index in [0.717, 1.165) is 19.3 Å². The van der Waals surface area contributed by atoms with Crippen LogP contribution >= 0.6 is 0 Å². The predicted molar refractivity (Wildman–Crippen MR) is 72.3 cm³/mol. The Labute approximate surface area is 117 Å². The molecule has 1 aliphatic rings. The number of H-pyrrole nitrogens is 1. The zero-order valence-electron chi connectivity index (χ0n) is 11.5. The van der Waals surface area contributed by atoms with Crippen LogP contribution in [-0.4, -0.2) is 50.6 Å². The first-order chi connectivity index (χ1) is 9.61. The number of amides is 2. The van der Waals surface area contributed by atoms with Gasteiger partial charge in [0, 0.05) is 30.9 Å². The van der Waals surface area contributed by atoms with Gasteiger partial charge >= 0.3 is 12.0 Å². The van der Waals surface area contributed by atoms with Crippen molar-refractivity contribution in [1.29, 1.82) is 0 Å². The molecule has 2 amide bonds. The van der Waals surface area contributed by atoms with Crippen LogP contribution in [0.1, 0.15) is 31.9 Å². The molecule has 0 radical (unpaired) electrons. The number of hydrogen-bond acceptors (Lipinski definition) is 3. The van der Waals surface area contributed by atoms with Crippen LogP contribution < -0.4 is 5.32 Å². The molecule has 0 aliphatic carbocycles. The van der Waals surface area contributed by atoms with Crippen LogP contribution in [0.25, 0.3) is 0 Å². The van der Waals surface area contributed by atoms with Crippen LogP contribution in [0.5, 0.6) is 0 Å². The summed E-state index contributed by atoms with van der Waals surface area (Å²) in [6.45, 7) is 2.73. The minimum absolute atomic E-state index is 0.200. The molecule has 110 valence electrons. The van der Waals surface area contributed by atoms with E-state index in [1.165, 1.54) is 6.33 Å². The van der Waals surface area contributed by atoms with Crippen molar-refractivity contribution in [2.75, 3.05) is 6.54 Å². The summed E-state index contributed by atoms with van der Waals surface area (Å²) < 4.78 is 0. The van der Waals surface area contributed by atoms with Gasteiger partial charge in [0.15, 0.2) is 0 Å². The molecule has 0 aromatic carbocycles. The van der Waals surface area contributed by atoms with Gasteiger partial charge in [0.05, 0.1) is 6.33 Å². The van der Waals surface area contributed by atoms with Crippen molar-refractivity contribution in [3.05, 3.63) is 18.2 Å². The topological polar surface area (TPSA) is 98.3 Å². The number of urea groups is 1. The molecule has 3 N–H and O–H groups in total. The third kappa shape index (κ3) is 3.28. The Bertz CT molecular complexity index is 460. The molecule has 7 heteroatoms. The fraction of sp³-hybridized carbons (Fsp3) is 0.615. The van der Waals surface area contributed by atoms with Gasteiger partial charge in [0.25, 0.3) is 0 Å². The van der Waals surface area contributed by atoms with Crippen LogP contribution in [0, 0.1) is 0 Å². The predicted octanol–water partition coefficient (Wildman–Crippen LogP) is 0.989. The van der Waals surface area contributed by atoms with Crippen LogP contribution in [0.4, 0.5) is 4.79 Å². The van der Waals surface area contributed by atoms with Gasteiger partial charge in [-0.15, -0.1) is 0 Å². The summed E-state index contributed by atoms with van der Waals surface area (Å²) in [5.74, 6) is -1.04. The van der Waals surface area contributed by atoms with Crippen molar-refractivity contribution in [2.45, 2.75) is 44.7 Å². The molecule has 2 atom stereocenters.